The van der Waals surface area contributed by atoms with E-state index in [0.29, 0.717) is 0 Å². The van der Waals surface area contributed by atoms with Crippen molar-refractivity contribution in [2.75, 3.05) is 20.8 Å². The summed E-state index contributed by atoms with van der Waals surface area (Å²) < 4.78 is 11.3. The van der Waals surface area contributed by atoms with Crippen LogP contribution >= 0.6 is 11.6 Å². The molecule has 2 heterocycles. The van der Waals surface area contributed by atoms with Crippen LogP contribution in [0.4, 0.5) is 0 Å². The predicted octanol–water partition coefficient (Wildman–Crippen LogP) is 5.66. The molecule has 0 fully saturated rings. The zero-order chi connectivity index (χ0) is 20.7. The van der Waals surface area contributed by atoms with Gasteiger partial charge in [0.15, 0.2) is 11.5 Å². The number of para-hydroxylation sites is 2. The monoisotopic (exact) mass is 418 g/mol. The minimum Gasteiger partial charge on any atom is -0.493 e. The maximum absolute atomic E-state index is 6.13. The van der Waals surface area contributed by atoms with Crippen LogP contribution in [0.3, 0.4) is 0 Å². The van der Waals surface area contributed by atoms with E-state index < -0.39 is 0 Å². The Morgan fingerprint density at radius 2 is 1.70 bits per heavy atom. The van der Waals surface area contributed by atoms with Gasteiger partial charge in [-0.2, -0.15) is 0 Å². The van der Waals surface area contributed by atoms with Crippen molar-refractivity contribution >= 4 is 22.5 Å². The van der Waals surface area contributed by atoms with Gasteiger partial charge in [-0.05, 0) is 35.4 Å². The van der Waals surface area contributed by atoms with Gasteiger partial charge in [0, 0.05) is 39.6 Å². The number of aromatic amines is 1. The first kappa shape index (κ1) is 19.0. The molecule has 1 aliphatic rings. The predicted molar refractivity (Wildman–Crippen MR) is 121 cm³/mol. The number of rotatable bonds is 4. The van der Waals surface area contributed by atoms with Gasteiger partial charge in [0.2, 0.25) is 0 Å². The largest absolute Gasteiger partial charge is 0.493 e. The molecule has 0 spiro atoms. The molecular formula is C25H23ClN2O2. The van der Waals surface area contributed by atoms with Gasteiger partial charge in [0.05, 0.1) is 20.3 Å². The van der Waals surface area contributed by atoms with Gasteiger partial charge >= 0.3 is 0 Å². The number of fused-ring (bicyclic) bond motifs is 3. The Kier molecular flexibility index (Phi) is 4.89. The van der Waals surface area contributed by atoms with Crippen molar-refractivity contribution in [1.82, 2.24) is 10.3 Å². The van der Waals surface area contributed by atoms with Gasteiger partial charge in [0.25, 0.3) is 0 Å². The van der Waals surface area contributed by atoms with E-state index in [1.54, 1.807) is 14.2 Å². The molecule has 3 aromatic carbocycles. The van der Waals surface area contributed by atoms with E-state index in [4.69, 9.17) is 21.1 Å². The van der Waals surface area contributed by atoms with Crippen molar-refractivity contribution < 1.29 is 9.47 Å². The molecule has 30 heavy (non-hydrogen) atoms. The van der Waals surface area contributed by atoms with Crippen LogP contribution in [0.15, 0.2) is 66.7 Å². The number of aromatic nitrogens is 1. The Morgan fingerprint density at radius 1 is 0.900 bits per heavy atom. The summed E-state index contributed by atoms with van der Waals surface area (Å²) in [4.78, 5) is 3.68. The lowest BCUT2D eigenvalue weighted by molar-refractivity contribution is 0.349. The fraction of sp³-hybridized carbons (Fsp3) is 0.200. The molecular weight excluding hydrogens is 396 g/mol. The van der Waals surface area contributed by atoms with Crippen LogP contribution in [0.25, 0.3) is 10.9 Å². The minimum absolute atomic E-state index is 0.0671. The topological polar surface area (TPSA) is 46.3 Å². The van der Waals surface area contributed by atoms with Gasteiger partial charge in [-0.1, -0.05) is 54.1 Å². The van der Waals surface area contributed by atoms with Crippen molar-refractivity contribution in [3.05, 3.63) is 94.1 Å². The second-order valence-corrected chi connectivity index (χ2v) is 7.96. The first-order chi connectivity index (χ1) is 14.7. The Balaban J connectivity index is 1.71. The highest BCUT2D eigenvalue weighted by Crippen LogP contribution is 2.45. The van der Waals surface area contributed by atoms with E-state index in [2.05, 4.69) is 52.8 Å². The molecule has 152 valence electrons. The highest BCUT2D eigenvalue weighted by Gasteiger charge is 2.34. The number of halogens is 1. The highest BCUT2D eigenvalue weighted by molar-refractivity contribution is 6.30. The standard InChI is InChI=1S/C25H23ClN2O2/c1-29-21-9-5-7-17(25(21)30-2)19-14-27-23(15-10-12-16(26)13-11-15)24-22(19)18-6-3-4-8-20(18)28-24/h3-13,19,23,27-28H,14H2,1-2H3/t19-,23+/m0/s1. The van der Waals surface area contributed by atoms with Gasteiger partial charge < -0.3 is 19.8 Å². The lowest BCUT2D eigenvalue weighted by Crippen LogP contribution is -2.34. The molecule has 2 N–H and O–H groups in total. The van der Waals surface area contributed by atoms with E-state index in [-0.39, 0.29) is 12.0 Å². The molecule has 0 bridgehead atoms. The van der Waals surface area contributed by atoms with Crippen LogP contribution in [0.2, 0.25) is 5.02 Å². The molecule has 0 amide bonds. The fourth-order valence-electron chi connectivity index (χ4n) is 4.62. The number of hydrogen-bond acceptors (Lipinski definition) is 3. The second kappa shape index (κ2) is 7.71. The Labute approximate surface area is 180 Å². The highest BCUT2D eigenvalue weighted by atomic mass is 35.5. The van der Waals surface area contributed by atoms with E-state index in [9.17, 15) is 0 Å². The number of nitrogens with one attached hydrogen (secondary N) is 2. The summed E-state index contributed by atoms with van der Waals surface area (Å²) in [5, 5.41) is 5.72. The molecule has 0 radical (unpaired) electrons. The summed E-state index contributed by atoms with van der Waals surface area (Å²) in [7, 11) is 3.37. The molecule has 0 unspecified atom stereocenters. The number of H-pyrrole nitrogens is 1. The van der Waals surface area contributed by atoms with Crippen molar-refractivity contribution in [3.8, 4) is 11.5 Å². The molecule has 0 aliphatic carbocycles. The molecule has 5 rings (SSSR count). The lowest BCUT2D eigenvalue weighted by Gasteiger charge is -2.32. The maximum atomic E-state index is 6.13. The van der Waals surface area contributed by atoms with Crippen LogP contribution in [0.1, 0.15) is 34.3 Å². The summed E-state index contributed by atoms with van der Waals surface area (Å²) in [5.74, 6) is 1.66. The van der Waals surface area contributed by atoms with Crippen molar-refractivity contribution in [3.63, 3.8) is 0 Å². The Hall–Kier alpha value is -2.95. The number of methoxy groups -OCH3 is 2. The third kappa shape index (κ3) is 3.04. The zero-order valence-corrected chi connectivity index (χ0v) is 17.7. The van der Waals surface area contributed by atoms with Crippen molar-refractivity contribution in [2.45, 2.75) is 12.0 Å². The average Bonchev–Trinajstić information content (AvgIpc) is 3.18. The zero-order valence-electron chi connectivity index (χ0n) is 16.9. The number of ether oxygens (including phenoxy) is 2. The summed E-state index contributed by atoms with van der Waals surface area (Å²) in [5.41, 5.74) is 5.92. The first-order valence-electron chi connectivity index (χ1n) is 10.0. The van der Waals surface area contributed by atoms with E-state index in [1.165, 1.54) is 22.2 Å². The molecule has 1 aromatic heterocycles. The fourth-order valence-corrected chi connectivity index (χ4v) is 4.74. The second-order valence-electron chi connectivity index (χ2n) is 7.53. The third-order valence-electron chi connectivity index (χ3n) is 5.95. The van der Waals surface area contributed by atoms with Crippen molar-refractivity contribution in [2.24, 2.45) is 0 Å². The van der Waals surface area contributed by atoms with Crippen LogP contribution in [-0.4, -0.2) is 25.7 Å². The quantitative estimate of drug-likeness (QED) is 0.449. The summed E-state index contributed by atoms with van der Waals surface area (Å²) >= 11 is 6.13. The van der Waals surface area contributed by atoms with Crippen LogP contribution < -0.4 is 14.8 Å². The van der Waals surface area contributed by atoms with Crippen LogP contribution in [-0.2, 0) is 0 Å². The summed E-state index contributed by atoms with van der Waals surface area (Å²) in [6.07, 6.45) is 0. The molecule has 1 aliphatic heterocycles. The lowest BCUT2D eigenvalue weighted by atomic mass is 9.82. The van der Waals surface area contributed by atoms with Crippen molar-refractivity contribution in [1.29, 1.82) is 0 Å². The number of hydrogen-bond donors (Lipinski definition) is 2. The SMILES string of the molecule is COc1cccc([C@@H]2CN[C@H](c3ccc(Cl)cc3)c3[nH]c4ccccc4c32)c1OC. The van der Waals surface area contributed by atoms with E-state index in [0.717, 1.165) is 34.1 Å². The van der Waals surface area contributed by atoms with Gasteiger partial charge in [-0.3, -0.25) is 0 Å². The van der Waals surface area contributed by atoms with E-state index >= 15 is 0 Å². The van der Waals surface area contributed by atoms with Crippen LogP contribution in [0, 0.1) is 0 Å². The van der Waals surface area contributed by atoms with Gasteiger partial charge in [-0.15, -0.1) is 0 Å². The molecule has 5 heteroatoms. The summed E-state index contributed by atoms with van der Waals surface area (Å²) in [6.45, 7) is 0.783. The number of benzene rings is 3. The van der Waals surface area contributed by atoms with Gasteiger partial charge in [-0.25, -0.2) is 0 Å². The Morgan fingerprint density at radius 3 is 2.47 bits per heavy atom. The third-order valence-corrected chi connectivity index (χ3v) is 6.20. The Bertz CT molecular complexity index is 1200. The van der Waals surface area contributed by atoms with E-state index in [1.807, 2.05) is 24.3 Å². The smallest absolute Gasteiger partial charge is 0.164 e. The molecule has 4 nitrogen and oxygen atoms in total. The minimum atomic E-state index is 0.0671. The molecule has 2 atom stereocenters. The molecule has 0 saturated heterocycles. The normalized spacial score (nSPS) is 18.2. The van der Waals surface area contributed by atoms with Gasteiger partial charge in [0.1, 0.15) is 0 Å². The summed E-state index contributed by atoms with van der Waals surface area (Å²) in [6, 6.07) is 22.7. The molecule has 0 saturated carbocycles. The van der Waals surface area contributed by atoms with Crippen LogP contribution in [0.5, 0.6) is 11.5 Å². The first-order valence-corrected chi connectivity index (χ1v) is 10.4. The maximum Gasteiger partial charge on any atom is 0.164 e. The molecule has 4 aromatic rings. The average molecular weight is 419 g/mol.